The lowest BCUT2D eigenvalue weighted by molar-refractivity contribution is 0.145. The van der Waals surface area contributed by atoms with Gasteiger partial charge in [0.15, 0.2) is 11.5 Å². The summed E-state index contributed by atoms with van der Waals surface area (Å²) in [7, 11) is 5.90. The molecule has 2 rings (SSSR count). The molecule has 2 aromatic rings. The Balaban J connectivity index is 2.77. The normalized spacial score (nSPS) is 11.6. The first kappa shape index (κ1) is 26.2. The zero-order chi connectivity index (χ0) is 24.4. The Morgan fingerprint density at radius 2 is 1.06 bits per heavy atom. The molecule has 2 aromatic carbocycles. The second kappa shape index (κ2) is 12.9. The predicted molar refractivity (Wildman–Crippen MR) is 127 cm³/mol. The molecule has 0 saturated carbocycles. The van der Waals surface area contributed by atoms with Crippen LogP contribution < -0.4 is 18.9 Å². The van der Waals surface area contributed by atoms with Crippen molar-refractivity contribution >= 4 is 35.0 Å². The fraction of sp³-hybridized carbons (Fsp3) is 0.364. The average molecular weight is 501 g/mol. The average Bonchev–Trinajstić information content (AvgIpc) is 2.83. The van der Waals surface area contributed by atoms with Gasteiger partial charge in [0, 0.05) is 0 Å². The molecule has 0 aromatic heterocycles. The van der Waals surface area contributed by atoms with Crippen molar-refractivity contribution in [3.63, 3.8) is 0 Å². The summed E-state index contributed by atoms with van der Waals surface area (Å²) in [5.74, 6) is 1.14. The number of hydrogen-bond donors (Lipinski definition) is 0. The number of oxime groups is 2. The van der Waals surface area contributed by atoms with Crippen molar-refractivity contribution in [2.75, 3.05) is 41.7 Å². The lowest BCUT2D eigenvalue weighted by atomic mass is 10.1. The lowest BCUT2D eigenvalue weighted by Crippen LogP contribution is -2.19. The summed E-state index contributed by atoms with van der Waals surface area (Å²) in [6, 6.07) is 6.54. The van der Waals surface area contributed by atoms with Gasteiger partial charge < -0.3 is 33.4 Å². The fourth-order valence-electron chi connectivity index (χ4n) is 2.79. The topological polar surface area (TPSA) is 89.3 Å². The summed E-state index contributed by atoms with van der Waals surface area (Å²) in [4.78, 5) is 10.6. The Hall–Kier alpha value is -3.04. The maximum atomic E-state index is 6.35. The Morgan fingerprint density at radius 3 is 1.36 bits per heavy atom. The van der Waals surface area contributed by atoms with Gasteiger partial charge in [-0.2, -0.15) is 0 Å². The number of nitrogens with zero attached hydrogens (tertiary/aromatic N) is 2. The monoisotopic (exact) mass is 500 g/mol. The first-order chi connectivity index (χ1) is 16.0. The van der Waals surface area contributed by atoms with Gasteiger partial charge >= 0.3 is 0 Å². The largest absolute Gasteiger partial charge is 0.496 e. The third kappa shape index (κ3) is 6.06. The number of hydrogen-bond acceptors (Lipinski definition) is 9. The molecule has 0 amide bonds. The maximum Gasteiger partial charge on any atom is 0.272 e. The van der Waals surface area contributed by atoms with Crippen LogP contribution in [0.15, 0.2) is 34.6 Å². The predicted octanol–water partition coefficient (Wildman–Crippen LogP) is 5.14. The van der Waals surface area contributed by atoms with Crippen molar-refractivity contribution in [1.29, 1.82) is 0 Å². The molecule has 0 heterocycles. The third-order valence-corrected chi connectivity index (χ3v) is 4.76. The zero-order valence-electron chi connectivity index (χ0n) is 19.2. The van der Waals surface area contributed by atoms with E-state index in [2.05, 4.69) is 10.3 Å². The molecule has 0 aliphatic carbocycles. The van der Waals surface area contributed by atoms with Gasteiger partial charge in [-0.25, -0.2) is 0 Å². The van der Waals surface area contributed by atoms with Crippen LogP contribution in [0.4, 0.5) is 0 Å². The molecule has 11 heteroatoms. The van der Waals surface area contributed by atoms with Crippen molar-refractivity contribution < 1.29 is 33.4 Å². The molecule has 0 radical (unpaired) electrons. The number of rotatable bonds is 10. The second-order valence-corrected chi connectivity index (χ2v) is 6.86. The highest BCUT2D eigenvalue weighted by molar-refractivity contribution is 6.33. The Bertz CT molecular complexity index is 933. The van der Waals surface area contributed by atoms with Gasteiger partial charge in [-0.15, -0.1) is 0 Å². The summed E-state index contributed by atoms with van der Waals surface area (Å²) in [6.45, 7) is 4.07. The quantitative estimate of drug-likeness (QED) is 0.253. The number of ether oxygens (including phenoxy) is 5. The van der Waals surface area contributed by atoms with Crippen LogP contribution >= 0.6 is 23.2 Å². The van der Waals surface area contributed by atoms with E-state index in [0.29, 0.717) is 32.7 Å². The number of benzene rings is 2. The smallest absolute Gasteiger partial charge is 0.272 e. The molecule has 33 heavy (non-hydrogen) atoms. The van der Waals surface area contributed by atoms with E-state index in [1.165, 1.54) is 28.4 Å². The van der Waals surface area contributed by atoms with Crippen LogP contribution in [0.25, 0.3) is 0 Å². The minimum absolute atomic E-state index is 0.0596. The molecule has 0 aliphatic rings. The van der Waals surface area contributed by atoms with Crippen LogP contribution in [0.2, 0.25) is 10.0 Å². The van der Waals surface area contributed by atoms with Crippen LogP contribution in [0.1, 0.15) is 25.0 Å². The molecule has 0 unspecified atom stereocenters. The summed E-state index contributed by atoms with van der Waals surface area (Å²) in [6.07, 6.45) is 0. The van der Waals surface area contributed by atoms with Crippen LogP contribution in [-0.4, -0.2) is 53.4 Å². The molecule has 180 valence electrons. The van der Waals surface area contributed by atoms with Gasteiger partial charge in [-0.05, 0) is 48.4 Å². The molecule has 9 nitrogen and oxygen atoms in total. The molecule has 0 N–H and O–H groups in total. The zero-order valence-corrected chi connectivity index (χ0v) is 20.7. The van der Waals surface area contributed by atoms with E-state index in [4.69, 9.17) is 56.6 Å². The SMILES string of the molecule is CCON=C(OC(=NOCC)c1c(OC)ccc(Cl)c1OC)c1c(OC)ccc(Cl)c1OC. The van der Waals surface area contributed by atoms with E-state index in [1.807, 2.05) is 0 Å². The highest BCUT2D eigenvalue weighted by Crippen LogP contribution is 2.39. The highest BCUT2D eigenvalue weighted by atomic mass is 35.5. The van der Waals surface area contributed by atoms with E-state index in [0.717, 1.165) is 0 Å². The minimum atomic E-state index is -0.0596. The summed E-state index contributed by atoms with van der Waals surface area (Å²) in [5.41, 5.74) is 0.593. The summed E-state index contributed by atoms with van der Waals surface area (Å²) < 4.78 is 28.1. The van der Waals surface area contributed by atoms with Crippen LogP contribution in [0, 0.1) is 0 Å². The van der Waals surface area contributed by atoms with Crippen molar-refractivity contribution in [3.8, 4) is 23.0 Å². The molecule has 0 fully saturated rings. The molecular weight excluding hydrogens is 475 g/mol. The van der Waals surface area contributed by atoms with Crippen molar-refractivity contribution in [1.82, 2.24) is 0 Å². The molecule has 0 aliphatic heterocycles. The third-order valence-electron chi connectivity index (χ3n) is 4.17. The Kier molecular flexibility index (Phi) is 10.2. The lowest BCUT2D eigenvalue weighted by Gasteiger charge is -2.19. The highest BCUT2D eigenvalue weighted by Gasteiger charge is 2.28. The number of methoxy groups -OCH3 is 4. The van der Waals surface area contributed by atoms with E-state index < -0.39 is 0 Å². The summed E-state index contributed by atoms with van der Waals surface area (Å²) >= 11 is 12.7. The van der Waals surface area contributed by atoms with Gasteiger partial charge in [0.1, 0.15) is 35.8 Å². The molecule has 0 saturated heterocycles. The van der Waals surface area contributed by atoms with Gasteiger partial charge in [0.25, 0.3) is 11.8 Å². The van der Waals surface area contributed by atoms with Crippen LogP contribution in [0.5, 0.6) is 23.0 Å². The first-order valence-electron chi connectivity index (χ1n) is 9.86. The van der Waals surface area contributed by atoms with Crippen LogP contribution in [-0.2, 0) is 14.4 Å². The molecule has 0 atom stereocenters. The standard InChI is InChI=1S/C22H26Cl2N2O7/c1-7-31-25-21(17-15(27-3)11-9-13(23)19(17)29-5)33-22(26-32-8-2)18-16(28-4)12-10-14(24)20(18)30-6/h9-12H,7-8H2,1-6H3. The fourth-order valence-corrected chi connectivity index (χ4v) is 3.26. The summed E-state index contributed by atoms with van der Waals surface area (Å²) in [5, 5.41) is 8.82. The Labute approximate surface area is 202 Å². The van der Waals surface area contributed by atoms with Gasteiger partial charge in [-0.3, -0.25) is 0 Å². The number of halogens is 2. The van der Waals surface area contributed by atoms with Gasteiger partial charge in [0.2, 0.25) is 0 Å². The maximum absolute atomic E-state index is 6.35. The van der Waals surface area contributed by atoms with E-state index in [1.54, 1.807) is 38.1 Å². The van der Waals surface area contributed by atoms with Gasteiger partial charge in [-0.1, -0.05) is 23.2 Å². The van der Waals surface area contributed by atoms with E-state index in [-0.39, 0.29) is 36.5 Å². The van der Waals surface area contributed by atoms with Crippen molar-refractivity contribution in [2.45, 2.75) is 13.8 Å². The molecule has 0 spiro atoms. The van der Waals surface area contributed by atoms with Crippen LogP contribution in [0.3, 0.4) is 0 Å². The first-order valence-corrected chi connectivity index (χ1v) is 10.6. The molecular formula is C22H26Cl2N2O7. The second-order valence-electron chi connectivity index (χ2n) is 6.05. The minimum Gasteiger partial charge on any atom is -0.496 e. The van der Waals surface area contributed by atoms with Gasteiger partial charge in [0.05, 0.1) is 38.5 Å². The van der Waals surface area contributed by atoms with E-state index in [9.17, 15) is 0 Å². The Morgan fingerprint density at radius 1 is 0.667 bits per heavy atom. The van der Waals surface area contributed by atoms with Crippen molar-refractivity contribution in [2.24, 2.45) is 10.3 Å². The van der Waals surface area contributed by atoms with Crippen molar-refractivity contribution in [3.05, 3.63) is 45.4 Å². The molecule has 0 bridgehead atoms. The van der Waals surface area contributed by atoms with E-state index >= 15 is 0 Å².